The fraction of sp³-hybridized carbons (Fsp3) is 0.836. The van der Waals surface area contributed by atoms with Crippen LogP contribution >= 0.6 is 7.82 Å². The number of rotatable bonds is 49. The molecule has 0 aromatic heterocycles. The summed E-state index contributed by atoms with van der Waals surface area (Å²) in [7, 11) is 1.55. The van der Waals surface area contributed by atoms with E-state index in [1.807, 2.05) is 27.2 Å². The van der Waals surface area contributed by atoms with Crippen molar-refractivity contribution in [2.24, 2.45) is 0 Å². The Morgan fingerprint density at radius 2 is 0.859 bits per heavy atom. The standard InChI is InChI=1S/C55H105N2O6P/c1-6-8-10-12-14-16-18-20-22-24-26-28-30-32-34-36-38-40-42-44-46-48-54(58)53(52-63-64(60,61)62-51-50-57(3,4)5)56-55(59)49-47-45-43-41-39-37-35-33-31-29-27-25-23-21-19-17-15-13-11-9-7-2/h25,27,30,32,38,40,46,48,53-54,58H,6-24,26,28-29,31,33-37,39,41-45,47,49-52H2,1-5H3,(H-,56,59,60,61)/p+1/b27-25-,32-30+,40-38+,48-46+. The number of nitrogens with zero attached hydrogens (tertiary/aromatic N) is 1. The van der Waals surface area contributed by atoms with E-state index in [2.05, 4.69) is 55.6 Å². The first kappa shape index (κ1) is 62.5. The molecule has 0 aromatic rings. The third-order valence-electron chi connectivity index (χ3n) is 12.0. The van der Waals surface area contributed by atoms with Crippen molar-refractivity contribution < 1.29 is 32.9 Å². The van der Waals surface area contributed by atoms with Gasteiger partial charge in [0.25, 0.3) is 0 Å². The minimum Gasteiger partial charge on any atom is -0.387 e. The van der Waals surface area contributed by atoms with Crippen molar-refractivity contribution in [3.63, 3.8) is 0 Å². The van der Waals surface area contributed by atoms with Gasteiger partial charge in [-0.05, 0) is 70.6 Å². The Kier molecular flexibility index (Phi) is 45.4. The lowest BCUT2D eigenvalue weighted by Crippen LogP contribution is -2.45. The smallest absolute Gasteiger partial charge is 0.387 e. The summed E-state index contributed by atoms with van der Waals surface area (Å²) in [6, 6.07) is -0.871. The summed E-state index contributed by atoms with van der Waals surface area (Å²) in [4.78, 5) is 23.2. The second kappa shape index (κ2) is 46.6. The highest BCUT2D eigenvalue weighted by molar-refractivity contribution is 7.47. The molecule has 0 aliphatic heterocycles. The molecule has 8 nitrogen and oxygen atoms in total. The minimum absolute atomic E-state index is 0.0527. The van der Waals surface area contributed by atoms with Crippen LogP contribution in [0.5, 0.6) is 0 Å². The third kappa shape index (κ3) is 48.4. The van der Waals surface area contributed by atoms with E-state index < -0.39 is 20.0 Å². The van der Waals surface area contributed by atoms with E-state index in [1.54, 1.807) is 6.08 Å². The number of aliphatic hydroxyl groups is 1. The molecule has 3 unspecified atom stereocenters. The van der Waals surface area contributed by atoms with Gasteiger partial charge in [0.1, 0.15) is 13.2 Å². The minimum atomic E-state index is -4.36. The molecule has 0 saturated carbocycles. The number of quaternary nitrogens is 1. The highest BCUT2D eigenvalue weighted by Crippen LogP contribution is 2.43. The predicted octanol–water partition coefficient (Wildman–Crippen LogP) is 16.0. The zero-order valence-corrected chi connectivity index (χ0v) is 43.7. The second-order valence-electron chi connectivity index (χ2n) is 19.6. The topological polar surface area (TPSA) is 105 Å². The van der Waals surface area contributed by atoms with Gasteiger partial charge in [0.2, 0.25) is 5.91 Å². The van der Waals surface area contributed by atoms with Crippen LogP contribution in [-0.2, 0) is 18.4 Å². The highest BCUT2D eigenvalue weighted by atomic mass is 31.2. The maximum atomic E-state index is 12.9. The third-order valence-corrected chi connectivity index (χ3v) is 13.0. The molecule has 0 aliphatic rings. The fourth-order valence-corrected chi connectivity index (χ4v) is 8.45. The molecular formula is C55H106N2O6P+. The molecule has 9 heteroatoms. The lowest BCUT2D eigenvalue weighted by molar-refractivity contribution is -0.870. The molecule has 0 rings (SSSR count). The molecule has 0 fully saturated rings. The Bertz CT molecular complexity index is 1180. The van der Waals surface area contributed by atoms with Gasteiger partial charge >= 0.3 is 7.82 Å². The van der Waals surface area contributed by atoms with Gasteiger partial charge in [-0.2, -0.15) is 0 Å². The molecule has 0 spiro atoms. The number of likely N-dealkylation sites (N-methyl/N-ethyl adjacent to an activating group) is 1. The van der Waals surface area contributed by atoms with Gasteiger partial charge in [-0.1, -0.05) is 217 Å². The molecule has 3 N–H and O–H groups in total. The molecule has 0 aromatic carbocycles. The van der Waals surface area contributed by atoms with Crippen molar-refractivity contribution in [2.45, 2.75) is 257 Å². The molecule has 64 heavy (non-hydrogen) atoms. The van der Waals surface area contributed by atoms with E-state index in [0.29, 0.717) is 17.4 Å². The molecule has 0 radical (unpaired) electrons. The summed E-state index contributed by atoms with van der Waals surface area (Å²) >= 11 is 0. The first-order valence-electron chi connectivity index (χ1n) is 27.0. The van der Waals surface area contributed by atoms with Gasteiger partial charge in [0, 0.05) is 6.42 Å². The quantitative estimate of drug-likeness (QED) is 0.0243. The molecule has 376 valence electrons. The number of hydrogen-bond acceptors (Lipinski definition) is 5. The highest BCUT2D eigenvalue weighted by Gasteiger charge is 2.27. The number of phosphoric acid groups is 1. The lowest BCUT2D eigenvalue weighted by Gasteiger charge is -2.25. The Morgan fingerprint density at radius 1 is 0.516 bits per heavy atom. The van der Waals surface area contributed by atoms with Crippen LogP contribution in [0.3, 0.4) is 0 Å². The second-order valence-corrected chi connectivity index (χ2v) is 21.0. The summed E-state index contributed by atoms with van der Waals surface area (Å²) in [5.41, 5.74) is 0. The Labute approximate surface area is 397 Å². The van der Waals surface area contributed by atoms with Crippen LogP contribution in [0.1, 0.15) is 245 Å². The molecule has 0 heterocycles. The number of amides is 1. The van der Waals surface area contributed by atoms with Crippen LogP contribution in [0.4, 0.5) is 0 Å². The number of carbonyl (C=O) groups is 1. The van der Waals surface area contributed by atoms with Gasteiger partial charge in [-0.25, -0.2) is 4.57 Å². The van der Waals surface area contributed by atoms with Crippen LogP contribution in [0, 0.1) is 0 Å². The summed E-state index contributed by atoms with van der Waals surface area (Å²) in [5.74, 6) is -0.192. The SMILES string of the molecule is CCCCCCCCCC/C=C\CCCCCCCCCCCC(=O)NC(COP(=O)(O)OCC[N+](C)(C)C)C(O)/C=C/CC/C=C/CC/C=C/CCCCCCCCCCCCC. The first-order valence-corrected chi connectivity index (χ1v) is 28.5. The zero-order valence-electron chi connectivity index (χ0n) is 42.8. The Balaban J connectivity index is 4.35. The van der Waals surface area contributed by atoms with Crippen molar-refractivity contribution in [1.82, 2.24) is 5.32 Å². The van der Waals surface area contributed by atoms with Crippen molar-refractivity contribution >= 4 is 13.7 Å². The number of hydrogen-bond donors (Lipinski definition) is 3. The van der Waals surface area contributed by atoms with Crippen LogP contribution < -0.4 is 5.32 Å². The average molecular weight is 922 g/mol. The van der Waals surface area contributed by atoms with Gasteiger partial charge in [0.15, 0.2) is 0 Å². The zero-order chi connectivity index (χ0) is 47.1. The van der Waals surface area contributed by atoms with Crippen LogP contribution in [0.2, 0.25) is 0 Å². The lowest BCUT2D eigenvalue weighted by atomic mass is 10.0. The normalized spacial score (nSPS) is 14.4. The molecule has 3 atom stereocenters. The van der Waals surface area contributed by atoms with E-state index in [9.17, 15) is 19.4 Å². The maximum Gasteiger partial charge on any atom is 0.472 e. The Hall–Kier alpha value is -1.54. The first-order chi connectivity index (χ1) is 31.0. The fourth-order valence-electron chi connectivity index (χ4n) is 7.72. The van der Waals surface area contributed by atoms with Gasteiger partial charge < -0.3 is 19.8 Å². The maximum absolute atomic E-state index is 12.9. The Morgan fingerprint density at radius 3 is 1.25 bits per heavy atom. The predicted molar refractivity (Wildman–Crippen MR) is 277 cm³/mol. The summed E-state index contributed by atoms with van der Waals surface area (Å²) in [6.45, 7) is 4.80. The number of carbonyl (C=O) groups excluding carboxylic acids is 1. The molecule has 0 saturated heterocycles. The average Bonchev–Trinajstić information content (AvgIpc) is 3.25. The van der Waals surface area contributed by atoms with Gasteiger partial charge in [-0.15, -0.1) is 0 Å². The van der Waals surface area contributed by atoms with Crippen molar-refractivity contribution in [3.8, 4) is 0 Å². The van der Waals surface area contributed by atoms with E-state index in [0.717, 1.165) is 44.9 Å². The summed E-state index contributed by atoms with van der Waals surface area (Å²) < 4.78 is 23.6. The molecule has 1 amide bonds. The summed E-state index contributed by atoms with van der Waals surface area (Å²) in [5, 5.41) is 13.9. The van der Waals surface area contributed by atoms with E-state index in [-0.39, 0.29) is 19.1 Å². The summed E-state index contributed by atoms with van der Waals surface area (Å²) in [6.07, 6.45) is 60.6. The van der Waals surface area contributed by atoms with Crippen molar-refractivity contribution in [1.29, 1.82) is 0 Å². The van der Waals surface area contributed by atoms with Crippen molar-refractivity contribution in [2.75, 3.05) is 40.9 Å². The number of allylic oxidation sites excluding steroid dienone is 7. The van der Waals surface area contributed by atoms with Gasteiger partial charge in [-0.3, -0.25) is 13.8 Å². The van der Waals surface area contributed by atoms with E-state index in [4.69, 9.17) is 9.05 Å². The van der Waals surface area contributed by atoms with E-state index in [1.165, 1.54) is 180 Å². The number of nitrogens with one attached hydrogen (secondary N) is 1. The number of unbranched alkanes of at least 4 members (excludes halogenated alkanes) is 30. The molecule has 0 aliphatic carbocycles. The van der Waals surface area contributed by atoms with E-state index >= 15 is 0 Å². The van der Waals surface area contributed by atoms with Crippen LogP contribution in [-0.4, -0.2) is 73.4 Å². The van der Waals surface area contributed by atoms with Crippen molar-refractivity contribution in [3.05, 3.63) is 48.6 Å². The monoisotopic (exact) mass is 922 g/mol. The van der Waals surface area contributed by atoms with Crippen LogP contribution in [0.15, 0.2) is 48.6 Å². The molecular weight excluding hydrogens is 816 g/mol. The van der Waals surface area contributed by atoms with Crippen LogP contribution in [0.25, 0.3) is 0 Å². The van der Waals surface area contributed by atoms with Gasteiger partial charge in [0.05, 0.1) is 39.9 Å². The number of aliphatic hydroxyl groups excluding tert-OH is 1. The largest absolute Gasteiger partial charge is 0.472 e. The number of phosphoric ester groups is 1. The molecule has 0 bridgehead atoms.